The van der Waals surface area contributed by atoms with Crippen molar-refractivity contribution in [1.29, 1.82) is 0 Å². The number of thioether (sulfide) groups is 1. The van der Waals surface area contributed by atoms with E-state index in [1.54, 1.807) is 25.0 Å². The van der Waals surface area contributed by atoms with Gasteiger partial charge in [0, 0.05) is 50.2 Å². The molecule has 3 aromatic rings. The van der Waals surface area contributed by atoms with E-state index < -0.39 is 11.2 Å². The molecule has 12 heteroatoms. The molecule has 0 radical (unpaired) electrons. The Balaban J connectivity index is 1.64. The molecule has 1 amide bonds. The molecule has 0 spiro atoms. The first kappa shape index (κ1) is 23.0. The summed E-state index contributed by atoms with van der Waals surface area (Å²) in [5, 5.41) is 0.714. The maximum absolute atomic E-state index is 12.8. The predicted octanol–water partition coefficient (Wildman–Crippen LogP) is 0.652. The number of H-pyrrole nitrogens is 1. The van der Waals surface area contributed by atoms with E-state index in [-0.39, 0.29) is 17.7 Å². The molecule has 0 bridgehead atoms. The minimum atomic E-state index is -0.503. The number of carbonyl (C=O) groups is 1. The number of nitrogens with one attached hydrogen (secondary N) is 1. The van der Waals surface area contributed by atoms with Crippen LogP contribution in [0.2, 0.25) is 0 Å². The van der Waals surface area contributed by atoms with Crippen LogP contribution in [0.15, 0.2) is 27.0 Å². The topological polar surface area (TPSA) is 145 Å². The molecular formula is C21H28N8O3S. The first-order valence-corrected chi connectivity index (χ1v) is 11.9. The van der Waals surface area contributed by atoms with E-state index in [2.05, 4.69) is 26.8 Å². The van der Waals surface area contributed by atoms with Crippen molar-refractivity contribution in [2.45, 2.75) is 38.4 Å². The molecule has 11 nitrogen and oxygen atoms in total. The molecule has 1 atom stereocenters. The van der Waals surface area contributed by atoms with Crippen LogP contribution in [0.5, 0.6) is 0 Å². The van der Waals surface area contributed by atoms with Crippen LogP contribution >= 0.6 is 11.8 Å². The third-order valence-electron chi connectivity index (χ3n) is 5.93. The first-order valence-electron chi connectivity index (χ1n) is 10.9. The second-order valence-corrected chi connectivity index (χ2v) is 9.56. The third kappa shape index (κ3) is 4.80. The molecule has 3 N–H and O–H groups in total. The maximum Gasteiger partial charge on any atom is 0.329 e. The number of fused-ring (bicyclic) bond motifs is 1. The number of nitrogens with two attached hydrogens (primary N) is 1. The Kier molecular flexibility index (Phi) is 6.54. The molecule has 0 aliphatic carbocycles. The van der Waals surface area contributed by atoms with E-state index in [0.717, 1.165) is 11.4 Å². The Labute approximate surface area is 194 Å². The molecule has 1 aliphatic heterocycles. The van der Waals surface area contributed by atoms with E-state index in [1.807, 2.05) is 17.6 Å². The third-order valence-corrected chi connectivity index (χ3v) is 7.12. The number of hydrogen-bond donors (Lipinski definition) is 2. The summed E-state index contributed by atoms with van der Waals surface area (Å²) in [5.41, 5.74) is 6.15. The van der Waals surface area contributed by atoms with E-state index in [9.17, 15) is 14.4 Å². The summed E-state index contributed by atoms with van der Waals surface area (Å²) in [6.45, 7) is 5.75. The number of aromatic amines is 1. The highest BCUT2D eigenvalue weighted by molar-refractivity contribution is 7.99. The van der Waals surface area contributed by atoms with Gasteiger partial charge in [0.2, 0.25) is 11.9 Å². The van der Waals surface area contributed by atoms with E-state index in [1.165, 1.54) is 4.57 Å². The maximum atomic E-state index is 12.8. The summed E-state index contributed by atoms with van der Waals surface area (Å²) in [6, 6.07) is 1.86. The van der Waals surface area contributed by atoms with Gasteiger partial charge in [-0.05, 0) is 31.7 Å². The van der Waals surface area contributed by atoms with Crippen molar-refractivity contribution in [2.75, 3.05) is 23.7 Å². The number of anilines is 1. The van der Waals surface area contributed by atoms with Crippen LogP contribution in [0.3, 0.4) is 0 Å². The van der Waals surface area contributed by atoms with Crippen molar-refractivity contribution >= 4 is 34.8 Å². The van der Waals surface area contributed by atoms with Crippen molar-refractivity contribution in [3.05, 3.63) is 38.8 Å². The molecule has 0 saturated carbocycles. The van der Waals surface area contributed by atoms with Gasteiger partial charge >= 0.3 is 5.69 Å². The lowest BCUT2D eigenvalue weighted by Crippen LogP contribution is -2.40. The fraction of sp³-hybridized carbons (Fsp3) is 0.524. The molecule has 4 rings (SSSR count). The number of aryl methyl sites for hydroxylation is 2. The molecule has 0 unspecified atom stereocenters. The number of aromatic nitrogens is 6. The Bertz CT molecular complexity index is 1290. The number of imidazole rings is 1. The molecule has 0 aromatic carbocycles. The Morgan fingerprint density at radius 1 is 1.30 bits per heavy atom. The van der Waals surface area contributed by atoms with Crippen molar-refractivity contribution in [3.8, 4) is 0 Å². The summed E-state index contributed by atoms with van der Waals surface area (Å²) >= 11 is 1.56. The highest BCUT2D eigenvalue weighted by atomic mass is 32.2. The van der Waals surface area contributed by atoms with Gasteiger partial charge in [0.15, 0.2) is 16.3 Å². The largest absolute Gasteiger partial charge is 0.369 e. The van der Waals surface area contributed by atoms with Gasteiger partial charge < -0.3 is 15.2 Å². The monoisotopic (exact) mass is 472 g/mol. The van der Waals surface area contributed by atoms with Crippen LogP contribution in [0.25, 0.3) is 11.2 Å². The Morgan fingerprint density at radius 3 is 2.70 bits per heavy atom. The zero-order valence-corrected chi connectivity index (χ0v) is 19.8. The van der Waals surface area contributed by atoms with E-state index in [4.69, 9.17) is 10.7 Å². The van der Waals surface area contributed by atoms with Crippen molar-refractivity contribution in [1.82, 2.24) is 29.1 Å². The highest BCUT2D eigenvalue weighted by Crippen LogP contribution is 2.27. The number of rotatable bonds is 7. The number of hydrogen-bond acceptors (Lipinski definition) is 8. The van der Waals surface area contributed by atoms with Gasteiger partial charge in [-0.3, -0.25) is 19.1 Å². The fourth-order valence-electron chi connectivity index (χ4n) is 4.08. The molecule has 1 aliphatic rings. The predicted molar refractivity (Wildman–Crippen MR) is 126 cm³/mol. The summed E-state index contributed by atoms with van der Waals surface area (Å²) in [4.78, 5) is 54.4. The van der Waals surface area contributed by atoms with Crippen LogP contribution in [-0.4, -0.2) is 53.8 Å². The molecule has 1 fully saturated rings. The summed E-state index contributed by atoms with van der Waals surface area (Å²) in [7, 11) is 1.59. The van der Waals surface area contributed by atoms with E-state index in [0.29, 0.717) is 54.7 Å². The van der Waals surface area contributed by atoms with Crippen LogP contribution in [0.1, 0.15) is 25.5 Å². The van der Waals surface area contributed by atoms with Crippen LogP contribution in [0.4, 0.5) is 5.95 Å². The zero-order chi connectivity index (χ0) is 23.7. The minimum Gasteiger partial charge on any atom is -0.369 e. The second-order valence-electron chi connectivity index (χ2n) is 8.57. The van der Waals surface area contributed by atoms with Crippen LogP contribution < -0.4 is 21.9 Å². The van der Waals surface area contributed by atoms with Crippen molar-refractivity contribution in [2.24, 2.45) is 24.6 Å². The quantitative estimate of drug-likeness (QED) is 0.377. The summed E-state index contributed by atoms with van der Waals surface area (Å²) < 4.78 is 3.24. The van der Waals surface area contributed by atoms with Gasteiger partial charge in [0.1, 0.15) is 0 Å². The van der Waals surface area contributed by atoms with Gasteiger partial charge in [0.05, 0.1) is 0 Å². The van der Waals surface area contributed by atoms with Crippen molar-refractivity contribution < 1.29 is 4.79 Å². The average molecular weight is 473 g/mol. The lowest BCUT2D eigenvalue weighted by atomic mass is 9.96. The van der Waals surface area contributed by atoms with Gasteiger partial charge in [-0.2, -0.15) is 4.98 Å². The standard InChI is InChI=1S/C21H28N8O3S/c1-12(11-33-19-23-7-4-13(2)24-19)10-29-15-17(27(3)21(32)26-18(15)31)25-20(29)28-8-5-14(6-9-28)16(22)30/h4,7,12,14H,5-6,8-11H2,1-3H3,(H2,22,30)(H,26,31,32)/t12-/m0/s1. The van der Waals surface area contributed by atoms with Gasteiger partial charge in [-0.15, -0.1) is 0 Å². The molecule has 1 saturated heterocycles. The molecule has 4 heterocycles. The number of primary amides is 1. The molecule has 3 aromatic heterocycles. The number of nitrogens with zero attached hydrogens (tertiary/aromatic N) is 6. The SMILES string of the molecule is Cc1ccnc(SC[C@@H](C)Cn2c(N3CCC(C(N)=O)CC3)nc3c2c(=O)[nH]c(=O)n3C)n1. The summed E-state index contributed by atoms with van der Waals surface area (Å²) in [5.74, 6) is 1.09. The normalized spacial score (nSPS) is 15.8. The first-order chi connectivity index (χ1) is 15.7. The second kappa shape index (κ2) is 9.38. The number of amides is 1. The number of piperidine rings is 1. The van der Waals surface area contributed by atoms with Crippen molar-refractivity contribution in [3.63, 3.8) is 0 Å². The summed E-state index contributed by atoms with van der Waals surface area (Å²) in [6.07, 6.45) is 3.00. The highest BCUT2D eigenvalue weighted by Gasteiger charge is 2.28. The minimum absolute atomic E-state index is 0.156. The average Bonchev–Trinajstić information content (AvgIpc) is 3.16. The van der Waals surface area contributed by atoms with Gasteiger partial charge in [0.25, 0.3) is 5.56 Å². The van der Waals surface area contributed by atoms with Crippen LogP contribution in [-0.2, 0) is 18.4 Å². The van der Waals surface area contributed by atoms with Gasteiger partial charge in [-0.25, -0.2) is 14.8 Å². The lowest BCUT2D eigenvalue weighted by molar-refractivity contribution is -0.122. The smallest absolute Gasteiger partial charge is 0.329 e. The molecule has 176 valence electrons. The number of carbonyl (C=O) groups excluding carboxylic acids is 1. The zero-order valence-electron chi connectivity index (χ0n) is 18.9. The lowest BCUT2D eigenvalue weighted by Gasteiger charge is -2.32. The molecular weight excluding hydrogens is 444 g/mol. The Hall–Kier alpha value is -3.15. The molecule has 33 heavy (non-hydrogen) atoms. The van der Waals surface area contributed by atoms with Crippen LogP contribution in [0, 0.1) is 18.8 Å². The fourth-order valence-corrected chi connectivity index (χ4v) is 4.96. The Morgan fingerprint density at radius 2 is 2.03 bits per heavy atom. The van der Waals surface area contributed by atoms with Gasteiger partial charge in [-0.1, -0.05) is 18.7 Å². The van der Waals surface area contributed by atoms with E-state index >= 15 is 0 Å².